The molecule has 0 radical (unpaired) electrons. The summed E-state index contributed by atoms with van der Waals surface area (Å²) in [7, 11) is 1.85. The highest BCUT2D eigenvalue weighted by atomic mass is 32.2. The number of carbonyl (C=O) groups is 1. The second-order valence-corrected chi connectivity index (χ2v) is 3.40. The first kappa shape index (κ1) is 9.12. The lowest BCUT2D eigenvalue weighted by molar-refractivity contribution is -0.133. The Bertz CT molecular complexity index is 296. The number of aliphatic carboxylic acids is 1. The van der Waals surface area contributed by atoms with E-state index in [9.17, 15) is 4.79 Å². The Balaban J connectivity index is 2.62. The molecule has 1 aromatic heterocycles. The van der Waals surface area contributed by atoms with Gasteiger partial charge in [-0.05, 0) is 6.92 Å². The molecule has 5 heteroatoms. The van der Waals surface area contributed by atoms with Gasteiger partial charge in [-0.3, -0.25) is 4.79 Å². The maximum Gasteiger partial charge on any atom is 0.313 e. The minimum Gasteiger partial charge on any atom is -0.481 e. The van der Waals surface area contributed by atoms with Crippen LogP contribution in [-0.2, 0) is 11.8 Å². The fourth-order valence-corrected chi connectivity index (χ4v) is 1.57. The van der Waals surface area contributed by atoms with Crippen molar-refractivity contribution in [3.63, 3.8) is 0 Å². The molecule has 1 aromatic rings. The molecule has 1 heterocycles. The van der Waals surface area contributed by atoms with Crippen molar-refractivity contribution in [3.05, 3.63) is 11.9 Å². The summed E-state index contributed by atoms with van der Waals surface area (Å²) in [6, 6.07) is 0. The molecule has 0 unspecified atom stereocenters. The molecule has 1 N–H and O–H groups in total. The predicted molar refractivity (Wildman–Crippen MR) is 46.3 cm³/mol. The number of thioether (sulfide) groups is 1. The number of aromatic nitrogens is 2. The Hall–Kier alpha value is -0.970. The summed E-state index contributed by atoms with van der Waals surface area (Å²) in [6.07, 6.45) is 1.87. The second kappa shape index (κ2) is 3.62. The van der Waals surface area contributed by atoms with Crippen LogP contribution >= 0.6 is 11.8 Å². The Morgan fingerprint density at radius 3 is 2.92 bits per heavy atom. The van der Waals surface area contributed by atoms with Gasteiger partial charge in [0.2, 0.25) is 0 Å². The van der Waals surface area contributed by atoms with Gasteiger partial charge in [-0.2, -0.15) is 0 Å². The molecule has 0 aliphatic rings. The van der Waals surface area contributed by atoms with E-state index in [0.717, 1.165) is 10.9 Å². The third-order valence-electron chi connectivity index (χ3n) is 1.28. The molecule has 12 heavy (non-hydrogen) atoms. The summed E-state index contributed by atoms with van der Waals surface area (Å²) in [5.74, 6) is -0.759. The quantitative estimate of drug-likeness (QED) is 0.713. The van der Waals surface area contributed by atoms with E-state index in [1.54, 1.807) is 0 Å². The van der Waals surface area contributed by atoms with E-state index < -0.39 is 5.97 Å². The number of nitrogens with zero attached hydrogens (tertiary/aromatic N) is 2. The summed E-state index contributed by atoms with van der Waals surface area (Å²) < 4.78 is 1.82. The lowest BCUT2D eigenvalue weighted by Gasteiger charge is -1.96. The summed E-state index contributed by atoms with van der Waals surface area (Å²) in [5.41, 5.74) is 0.908. The molecule has 1 rings (SSSR count). The number of imidazole rings is 1. The minimum atomic E-state index is -0.819. The van der Waals surface area contributed by atoms with Crippen molar-refractivity contribution in [1.29, 1.82) is 0 Å². The topological polar surface area (TPSA) is 55.1 Å². The van der Waals surface area contributed by atoms with Crippen molar-refractivity contribution in [3.8, 4) is 0 Å². The largest absolute Gasteiger partial charge is 0.481 e. The van der Waals surface area contributed by atoms with Crippen LogP contribution in [0.5, 0.6) is 0 Å². The van der Waals surface area contributed by atoms with Crippen LogP contribution in [0.1, 0.15) is 5.69 Å². The molecule has 0 saturated heterocycles. The molecular formula is C7H10N2O2S. The lowest BCUT2D eigenvalue weighted by Crippen LogP contribution is -1.99. The molecule has 0 atom stereocenters. The number of hydrogen-bond acceptors (Lipinski definition) is 3. The van der Waals surface area contributed by atoms with Gasteiger partial charge >= 0.3 is 5.97 Å². The van der Waals surface area contributed by atoms with E-state index in [1.165, 1.54) is 11.8 Å². The first-order valence-corrected chi connectivity index (χ1v) is 4.42. The van der Waals surface area contributed by atoms with Crippen LogP contribution < -0.4 is 0 Å². The van der Waals surface area contributed by atoms with Gasteiger partial charge in [0.05, 0.1) is 11.4 Å². The molecule has 4 nitrogen and oxygen atoms in total. The van der Waals surface area contributed by atoms with Gasteiger partial charge in [-0.1, -0.05) is 11.8 Å². The summed E-state index contributed by atoms with van der Waals surface area (Å²) in [5, 5.41) is 9.16. The maximum absolute atomic E-state index is 10.2. The summed E-state index contributed by atoms with van der Waals surface area (Å²) >= 11 is 1.23. The highest BCUT2D eigenvalue weighted by Gasteiger charge is 2.05. The van der Waals surface area contributed by atoms with Crippen molar-refractivity contribution in [1.82, 2.24) is 9.55 Å². The van der Waals surface area contributed by atoms with Crippen LogP contribution in [0.3, 0.4) is 0 Å². The fourth-order valence-electron chi connectivity index (χ4n) is 0.854. The number of rotatable bonds is 3. The van der Waals surface area contributed by atoms with E-state index in [1.807, 2.05) is 24.7 Å². The summed E-state index contributed by atoms with van der Waals surface area (Å²) in [4.78, 5) is 14.4. The van der Waals surface area contributed by atoms with Crippen LogP contribution in [0.25, 0.3) is 0 Å². The van der Waals surface area contributed by atoms with E-state index in [-0.39, 0.29) is 5.75 Å². The molecule has 0 bridgehead atoms. The Morgan fingerprint density at radius 1 is 1.83 bits per heavy atom. The Morgan fingerprint density at radius 2 is 2.50 bits per heavy atom. The molecule has 0 fully saturated rings. The van der Waals surface area contributed by atoms with Gasteiger partial charge < -0.3 is 9.67 Å². The second-order valence-electron chi connectivity index (χ2n) is 2.46. The van der Waals surface area contributed by atoms with E-state index >= 15 is 0 Å². The summed E-state index contributed by atoms with van der Waals surface area (Å²) in [6.45, 7) is 1.88. The predicted octanol–water partition coefficient (Wildman–Crippen LogP) is 0.905. The third-order valence-corrected chi connectivity index (χ3v) is 2.31. The van der Waals surface area contributed by atoms with Crippen molar-refractivity contribution in [2.24, 2.45) is 7.05 Å². The number of aryl methyl sites for hydroxylation is 2. The third kappa shape index (κ3) is 2.27. The van der Waals surface area contributed by atoms with Gasteiger partial charge in [0.25, 0.3) is 0 Å². The van der Waals surface area contributed by atoms with Gasteiger partial charge in [0, 0.05) is 13.2 Å². The average Bonchev–Trinajstić information content (AvgIpc) is 2.26. The van der Waals surface area contributed by atoms with Gasteiger partial charge in [0.1, 0.15) is 0 Å². The van der Waals surface area contributed by atoms with Crippen molar-refractivity contribution in [2.45, 2.75) is 12.1 Å². The van der Waals surface area contributed by atoms with Gasteiger partial charge in [0.15, 0.2) is 5.16 Å². The standard InChI is InChI=1S/C7H10N2O2S/c1-5-3-9(2)7(8-5)12-4-6(10)11/h3H,4H2,1-2H3,(H,10,11). The van der Waals surface area contributed by atoms with Crippen LogP contribution in [0, 0.1) is 6.92 Å². The zero-order valence-electron chi connectivity index (χ0n) is 6.94. The SMILES string of the molecule is Cc1cn(C)c(SCC(=O)O)n1. The average molecular weight is 186 g/mol. The van der Waals surface area contributed by atoms with Gasteiger partial charge in [-0.15, -0.1) is 0 Å². The molecule has 0 aromatic carbocycles. The van der Waals surface area contributed by atoms with Crippen LogP contribution in [0.4, 0.5) is 0 Å². The molecule has 66 valence electrons. The fraction of sp³-hybridized carbons (Fsp3) is 0.429. The number of carboxylic acid groups (broad SMARTS) is 1. The molecule has 0 aliphatic carbocycles. The molecular weight excluding hydrogens is 176 g/mol. The highest BCUT2D eigenvalue weighted by molar-refractivity contribution is 7.99. The smallest absolute Gasteiger partial charge is 0.313 e. The van der Waals surface area contributed by atoms with E-state index in [2.05, 4.69) is 4.98 Å². The maximum atomic E-state index is 10.2. The Kier molecular flexibility index (Phi) is 2.75. The molecule has 0 spiro atoms. The molecule has 0 amide bonds. The zero-order chi connectivity index (χ0) is 9.14. The lowest BCUT2D eigenvalue weighted by atomic mass is 10.6. The minimum absolute atomic E-state index is 0.0598. The first-order valence-electron chi connectivity index (χ1n) is 3.44. The first-order chi connectivity index (χ1) is 5.59. The van der Waals surface area contributed by atoms with Gasteiger partial charge in [-0.25, -0.2) is 4.98 Å². The normalized spacial score (nSPS) is 10.2. The van der Waals surface area contributed by atoms with Crippen molar-refractivity contribution < 1.29 is 9.90 Å². The van der Waals surface area contributed by atoms with E-state index in [4.69, 9.17) is 5.11 Å². The van der Waals surface area contributed by atoms with Crippen molar-refractivity contribution >= 4 is 17.7 Å². The van der Waals surface area contributed by atoms with Crippen LogP contribution in [-0.4, -0.2) is 26.4 Å². The van der Waals surface area contributed by atoms with Crippen LogP contribution in [0.15, 0.2) is 11.4 Å². The van der Waals surface area contributed by atoms with E-state index in [0.29, 0.717) is 0 Å². The van der Waals surface area contributed by atoms with Crippen molar-refractivity contribution in [2.75, 3.05) is 5.75 Å². The molecule has 0 saturated carbocycles. The number of carboxylic acids is 1. The highest BCUT2D eigenvalue weighted by Crippen LogP contribution is 2.15. The Labute approximate surface area is 74.6 Å². The number of hydrogen-bond donors (Lipinski definition) is 1. The van der Waals surface area contributed by atoms with Crippen LogP contribution in [0.2, 0.25) is 0 Å². The zero-order valence-corrected chi connectivity index (χ0v) is 7.76. The molecule has 0 aliphatic heterocycles. The monoisotopic (exact) mass is 186 g/mol.